The van der Waals surface area contributed by atoms with Crippen molar-refractivity contribution in [2.75, 3.05) is 24.3 Å². The number of nitrogens with two attached hydrogens (primary N) is 1. The van der Waals surface area contributed by atoms with Gasteiger partial charge in [-0.1, -0.05) is 6.92 Å². The Bertz CT molecular complexity index is 599. The van der Waals surface area contributed by atoms with E-state index in [-0.39, 0.29) is 5.91 Å². The number of nitrogens with one attached hydrogen (secondary N) is 1. The van der Waals surface area contributed by atoms with Crippen LogP contribution in [0.25, 0.3) is 10.9 Å². The van der Waals surface area contributed by atoms with Crippen LogP contribution in [0.15, 0.2) is 30.5 Å². The molecule has 1 aromatic carbocycles. The number of rotatable bonds is 6. The lowest BCUT2D eigenvalue weighted by molar-refractivity contribution is -0.117. The van der Waals surface area contributed by atoms with Crippen LogP contribution in [-0.2, 0) is 9.53 Å². The second kappa shape index (κ2) is 6.86. The Hall–Kier alpha value is -2.14. The summed E-state index contributed by atoms with van der Waals surface area (Å²) in [5, 5.41) is 3.72. The van der Waals surface area contributed by atoms with Crippen molar-refractivity contribution in [2.24, 2.45) is 0 Å². The number of hydrogen-bond acceptors (Lipinski definition) is 4. The molecule has 0 aliphatic carbocycles. The smallest absolute Gasteiger partial charge is 0.226 e. The third kappa shape index (κ3) is 3.45. The summed E-state index contributed by atoms with van der Waals surface area (Å²) in [4.78, 5) is 16.1. The van der Waals surface area contributed by atoms with Gasteiger partial charge in [0.1, 0.15) is 0 Å². The number of carbonyl (C=O) groups is 1. The van der Waals surface area contributed by atoms with Crippen molar-refractivity contribution >= 4 is 28.2 Å². The van der Waals surface area contributed by atoms with Gasteiger partial charge in [-0.2, -0.15) is 0 Å². The molecule has 0 radical (unpaired) electrons. The summed E-state index contributed by atoms with van der Waals surface area (Å²) in [5.41, 5.74) is 7.90. The van der Waals surface area contributed by atoms with E-state index in [1.54, 1.807) is 18.3 Å². The van der Waals surface area contributed by atoms with Crippen LogP contribution in [0.2, 0.25) is 0 Å². The molecule has 5 nitrogen and oxygen atoms in total. The van der Waals surface area contributed by atoms with Gasteiger partial charge < -0.3 is 15.8 Å². The van der Waals surface area contributed by atoms with Crippen LogP contribution >= 0.6 is 0 Å². The standard InChI is InChI=1S/C15H19N3O2/c1-2-9-20-10-7-14(19)18-13-6-5-12(16)15-11(13)4-3-8-17-15/h3-6,8H,2,7,9-10,16H2,1H3,(H,18,19). The van der Waals surface area contributed by atoms with Gasteiger partial charge in [-0.3, -0.25) is 9.78 Å². The number of carbonyl (C=O) groups excluding carboxylic acids is 1. The first kappa shape index (κ1) is 14.3. The molecule has 3 N–H and O–H groups in total. The van der Waals surface area contributed by atoms with Crippen LogP contribution < -0.4 is 11.1 Å². The number of aromatic nitrogens is 1. The zero-order valence-corrected chi connectivity index (χ0v) is 11.6. The summed E-state index contributed by atoms with van der Waals surface area (Å²) >= 11 is 0. The fourth-order valence-corrected chi connectivity index (χ4v) is 1.93. The average molecular weight is 273 g/mol. The summed E-state index contributed by atoms with van der Waals surface area (Å²) in [6, 6.07) is 7.26. The molecule has 1 aromatic heterocycles. The fraction of sp³-hybridized carbons (Fsp3) is 0.333. The number of pyridine rings is 1. The van der Waals surface area contributed by atoms with Gasteiger partial charge in [0.25, 0.3) is 0 Å². The Labute approximate surface area is 118 Å². The summed E-state index contributed by atoms with van der Waals surface area (Å²) in [7, 11) is 0. The molecule has 0 unspecified atom stereocenters. The molecule has 0 saturated carbocycles. The van der Waals surface area contributed by atoms with Gasteiger partial charge in [0.05, 0.1) is 29.9 Å². The molecule has 106 valence electrons. The predicted molar refractivity (Wildman–Crippen MR) is 80.5 cm³/mol. The molecular weight excluding hydrogens is 254 g/mol. The second-order valence-electron chi connectivity index (χ2n) is 4.51. The van der Waals surface area contributed by atoms with Crippen LogP contribution in [0.5, 0.6) is 0 Å². The Morgan fingerprint density at radius 2 is 2.20 bits per heavy atom. The molecule has 0 saturated heterocycles. The summed E-state index contributed by atoms with van der Waals surface area (Å²) < 4.78 is 5.30. The Morgan fingerprint density at radius 3 is 3.00 bits per heavy atom. The third-order valence-electron chi connectivity index (χ3n) is 2.90. The maximum absolute atomic E-state index is 11.9. The minimum atomic E-state index is -0.0731. The molecule has 0 atom stereocenters. The van der Waals surface area contributed by atoms with Gasteiger partial charge in [0.15, 0.2) is 0 Å². The van der Waals surface area contributed by atoms with Crippen LogP contribution in [0.3, 0.4) is 0 Å². The number of hydrogen-bond donors (Lipinski definition) is 2. The highest BCUT2D eigenvalue weighted by Crippen LogP contribution is 2.26. The topological polar surface area (TPSA) is 77.2 Å². The Morgan fingerprint density at radius 1 is 1.35 bits per heavy atom. The Kier molecular flexibility index (Phi) is 4.90. The van der Waals surface area contributed by atoms with E-state index < -0.39 is 0 Å². The maximum Gasteiger partial charge on any atom is 0.226 e. The zero-order valence-electron chi connectivity index (χ0n) is 11.6. The molecule has 20 heavy (non-hydrogen) atoms. The highest BCUT2D eigenvalue weighted by Gasteiger charge is 2.08. The van der Waals surface area contributed by atoms with Crippen molar-refractivity contribution in [3.8, 4) is 0 Å². The van der Waals surface area contributed by atoms with Crippen molar-refractivity contribution in [1.82, 2.24) is 4.98 Å². The van der Waals surface area contributed by atoms with E-state index >= 15 is 0 Å². The number of amides is 1. The number of fused-ring (bicyclic) bond motifs is 1. The number of nitrogens with zero attached hydrogens (tertiary/aromatic N) is 1. The van der Waals surface area contributed by atoms with E-state index in [1.165, 1.54) is 0 Å². The van der Waals surface area contributed by atoms with Gasteiger partial charge in [-0.05, 0) is 30.7 Å². The second-order valence-corrected chi connectivity index (χ2v) is 4.51. The lowest BCUT2D eigenvalue weighted by Crippen LogP contribution is -2.14. The first-order valence-corrected chi connectivity index (χ1v) is 6.73. The summed E-state index contributed by atoms with van der Waals surface area (Å²) in [6.07, 6.45) is 2.98. The molecule has 2 rings (SSSR count). The predicted octanol–water partition coefficient (Wildman–Crippen LogP) is 2.57. The van der Waals surface area contributed by atoms with E-state index in [4.69, 9.17) is 10.5 Å². The lowest BCUT2D eigenvalue weighted by atomic mass is 10.1. The summed E-state index contributed by atoms with van der Waals surface area (Å²) in [6.45, 7) is 3.15. The van der Waals surface area contributed by atoms with Crippen molar-refractivity contribution < 1.29 is 9.53 Å². The SMILES string of the molecule is CCCOCCC(=O)Nc1ccc(N)c2ncccc12. The van der Waals surface area contributed by atoms with Crippen molar-refractivity contribution in [1.29, 1.82) is 0 Å². The quantitative estimate of drug-likeness (QED) is 0.626. The number of anilines is 2. The van der Waals surface area contributed by atoms with Gasteiger partial charge >= 0.3 is 0 Å². The molecule has 0 aliphatic heterocycles. The first-order valence-electron chi connectivity index (χ1n) is 6.73. The molecule has 0 spiro atoms. The first-order chi connectivity index (χ1) is 9.72. The van der Waals surface area contributed by atoms with E-state index in [0.717, 1.165) is 17.5 Å². The van der Waals surface area contributed by atoms with E-state index in [2.05, 4.69) is 10.3 Å². The molecule has 5 heteroatoms. The zero-order chi connectivity index (χ0) is 14.4. The van der Waals surface area contributed by atoms with Crippen molar-refractivity contribution in [3.63, 3.8) is 0 Å². The average Bonchev–Trinajstić information content (AvgIpc) is 2.47. The molecule has 2 aromatic rings. The van der Waals surface area contributed by atoms with Crippen LogP contribution in [0, 0.1) is 0 Å². The normalized spacial score (nSPS) is 10.7. The summed E-state index contributed by atoms with van der Waals surface area (Å²) in [5.74, 6) is -0.0731. The third-order valence-corrected chi connectivity index (χ3v) is 2.90. The largest absolute Gasteiger partial charge is 0.397 e. The van der Waals surface area contributed by atoms with E-state index in [0.29, 0.717) is 30.8 Å². The van der Waals surface area contributed by atoms with Crippen LogP contribution in [0.4, 0.5) is 11.4 Å². The Balaban J connectivity index is 2.06. The highest BCUT2D eigenvalue weighted by molar-refractivity contribution is 6.04. The lowest BCUT2D eigenvalue weighted by Gasteiger charge is -2.10. The van der Waals surface area contributed by atoms with E-state index in [1.807, 2.05) is 19.1 Å². The van der Waals surface area contributed by atoms with Crippen molar-refractivity contribution in [2.45, 2.75) is 19.8 Å². The molecule has 0 fully saturated rings. The van der Waals surface area contributed by atoms with Gasteiger partial charge in [0, 0.05) is 18.2 Å². The molecule has 0 bridgehead atoms. The van der Waals surface area contributed by atoms with Gasteiger partial charge in [-0.15, -0.1) is 0 Å². The molecule has 1 heterocycles. The van der Waals surface area contributed by atoms with Gasteiger partial charge in [0.2, 0.25) is 5.91 Å². The van der Waals surface area contributed by atoms with Crippen molar-refractivity contribution in [3.05, 3.63) is 30.5 Å². The number of benzene rings is 1. The highest BCUT2D eigenvalue weighted by atomic mass is 16.5. The molecular formula is C15H19N3O2. The maximum atomic E-state index is 11.9. The molecule has 1 amide bonds. The number of nitrogen functional groups attached to an aromatic ring is 1. The monoisotopic (exact) mass is 273 g/mol. The van der Waals surface area contributed by atoms with Crippen LogP contribution in [-0.4, -0.2) is 24.1 Å². The minimum Gasteiger partial charge on any atom is -0.397 e. The number of ether oxygens (including phenoxy) is 1. The van der Waals surface area contributed by atoms with Crippen LogP contribution in [0.1, 0.15) is 19.8 Å². The van der Waals surface area contributed by atoms with E-state index in [9.17, 15) is 4.79 Å². The fourth-order valence-electron chi connectivity index (χ4n) is 1.93. The van der Waals surface area contributed by atoms with Gasteiger partial charge in [-0.25, -0.2) is 0 Å². The minimum absolute atomic E-state index is 0.0731. The molecule has 0 aliphatic rings.